The maximum Gasteiger partial charge on any atom is 0.322 e. The van der Waals surface area contributed by atoms with Gasteiger partial charge in [0.1, 0.15) is 0 Å². The van der Waals surface area contributed by atoms with Crippen molar-refractivity contribution in [1.29, 1.82) is 0 Å². The molecule has 1 aliphatic heterocycles. The molecule has 27 heavy (non-hydrogen) atoms. The molecule has 138 valence electrons. The molecule has 1 aliphatic rings. The molecular weight excluding hydrogens is 366 g/mol. The highest BCUT2D eigenvalue weighted by molar-refractivity contribution is 7.99. The Balaban J connectivity index is 1.48. The topological polar surface area (TPSA) is 86.5 Å². The number of hydrogen-bond acceptors (Lipinski definition) is 7. The molecule has 8 heteroatoms. The van der Waals surface area contributed by atoms with Crippen LogP contribution < -0.4 is 14.8 Å². The number of aromatic nitrogens is 2. The fourth-order valence-electron chi connectivity index (χ4n) is 2.57. The van der Waals surface area contributed by atoms with E-state index < -0.39 is 0 Å². The average Bonchev–Trinajstić information content (AvgIpc) is 3.29. The van der Waals surface area contributed by atoms with Gasteiger partial charge < -0.3 is 13.9 Å². The lowest BCUT2D eigenvalue weighted by Crippen LogP contribution is -2.12. The third-order valence-corrected chi connectivity index (χ3v) is 4.73. The minimum atomic E-state index is -0.304. The molecule has 0 bridgehead atoms. The average molecular weight is 383 g/mol. The molecule has 1 aromatic heterocycles. The van der Waals surface area contributed by atoms with Gasteiger partial charge in [0.25, 0.3) is 5.91 Å². The van der Waals surface area contributed by atoms with Crippen LogP contribution in [0.15, 0.2) is 51.8 Å². The van der Waals surface area contributed by atoms with Crippen LogP contribution in [0.2, 0.25) is 0 Å². The monoisotopic (exact) mass is 383 g/mol. The van der Waals surface area contributed by atoms with Gasteiger partial charge in [-0.15, -0.1) is 16.9 Å². The van der Waals surface area contributed by atoms with Crippen LogP contribution in [0.5, 0.6) is 11.5 Å². The Morgan fingerprint density at radius 2 is 1.96 bits per heavy atom. The highest BCUT2D eigenvalue weighted by atomic mass is 32.2. The minimum Gasteiger partial charge on any atom is -0.454 e. The van der Waals surface area contributed by atoms with Crippen molar-refractivity contribution >= 4 is 23.7 Å². The quantitative estimate of drug-likeness (QED) is 0.660. The fraction of sp³-hybridized carbons (Fsp3) is 0.211. The van der Waals surface area contributed by atoms with Crippen LogP contribution >= 0.6 is 11.8 Å². The number of benzene rings is 2. The lowest BCUT2D eigenvalue weighted by atomic mass is 10.2. The zero-order chi connectivity index (χ0) is 18.8. The van der Waals surface area contributed by atoms with Gasteiger partial charge >= 0.3 is 6.01 Å². The first kappa shape index (κ1) is 17.4. The first-order valence-electron chi connectivity index (χ1n) is 8.40. The van der Waals surface area contributed by atoms with Crippen molar-refractivity contribution in [2.45, 2.75) is 24.0 Å². The maximum atomic E-state index is 12.5. The predicted molar refractivity (Wildman–Crippen MR) is 101 cm³/mol. The van der Waals surface area contributed by atoms with Crippen LogP contribution in [0.3, 0.4) is 0 Å². The number of hydrogen-bond donors (Lipinski definition) is 1. The van der Waals surface area contributed by atoms with Crippen molar-refractivity contribution < 1.29 is 18.7 Å². The largest absolute Gasteiger partial charge is 0.454 e. The van der Waals surface area contributed by atoms with E-state index in [4.69, 9.17) is 13.9 Å². The van der Waals surface area contributed by atoms with Crippen LogP contribution in [-0.2, 0) is 0 Å². The molecule has 0 unspecified atom stereocenters. The molecule has 2 aromatic carbocycles. The number of nitrogens with zero attached hydrogens (tertiary/aromatic N) is 2. The van der Waals surface area contributed by atoms with Gasteiger partial charge in [-0.1, -0.05) is 25.0 Å². The third-order valence-electron chi connectivity index (χ3n) is 3.73. The summed E-state index contributed by atoms with van der Waals surface area (Å²) in [5.74, 6) is 1.27. The van der Waals surface area contributed by atoms with Gasteiger partial charge in [0.05, 0.1) is 0 Å². The molecule has 0 radical (unpaired) electrons. The molecule has 3 aromatic rings. The van der Waals surface area contributed by atoms with Crippen LogP contribution in [-0.4, -0.2) is 28.1 Å². The number of carbonyl (C=O) groups excluding carboxylic acids is 1. The first-order valence-corrected chi connectivity index (χ1v) is 9.28. The zero-order valence-corrected chi connectivity index (χ0v) is 15.6. The van der Waals surface area contributed by atoms with Gasteiger partial charge in [-0.2, -0.15) is 0 Å². The Bertz CT molecular complexity index is 987. The van der Waals surface area contributed by atoms with E-state index in [1.165, 1.54) is 0 Å². The summed E-state index contributed by atoms with van der Waals surface area (Å²) in [6.45, 7) is 4.40. The van der Waals surface area contributed by atoms with E-state index in [0.717, 1.165) is 4.90 Å². The van der Waals surface area contributed by atoms with Crippen molar-refractivity contribution in [3.05, 3.63) is 48.0 Å². The smallest absolute Gasteiger partial charge is 0.322 e. The molecule has 1 N–H and O–H groups in total. The number of rotatable bonds is 5. The second-order valence-corrected chi connectivity index (χ2v) is 7.78. The number of nitrogens with one attached hydrogen (secondary N) is 1. The lowest BCUT2D eigenvalue weighted by molar-refractivity contribution is 0.102. The molecular formula is C19H17N3O4S. The van der Waals surface area contributed by atoms with E-state index in [2.05, 4.69) is 29.4 Å². The van der Waals surface area contributed by atoms with E-state index in [0.29, 0.717) is 27.9 Å². The third kappa shape index (κ3) is 3.90. The van der Waals surface area contributed by atoms with Crippen molar-refractivity contribution in [2.24, 2.45) is 0 Å². The Kier molecular flexibility index (Phi) is 4.72. The molecule has 7 nitrogen and oxygen atoms in total. The van der Waals surface area contributed by atoms with Crippen LogP contribution in [0.4, 0.5) is 6.01 Å². The molecule has 1 amide bonds. The van der Waals surface area contributed by atoms with Gasteiger partial charge in [-0.25, -0.2) is 0 Å². The number of carbonyl (C=O) groups is 1. The van der Waals surface area contributed by atoms with Crippen LogP contribution in [0, 0.1) is 0 Å². The van der Waals surface area contributed by atoms with E-state index in [1.807, 2.05) is 18.2 Å². The fourth-order valence-corrected chi connectivity index (χ4v) is 3.47. The number of thioether (sulfide) groups is 1. The second-order valence-electron chi connectivity index (χ2n) is 6.13. The summed E-state index contributed by atoms with van der Waals surface area (Å²) in [5, 5.41) is 11.0. The number of fused-ring (bicyclic) bond motifs is 1. The zero-order valence-electron chi connectivity index (χ0n) is 14.8. The van der Waals surface area contributed by atoms with E-state index in [9.17, 15) is 4.79 Å². The van der Waals surface area contributed by atoms with Crippen molar-refractivity contribution in [2.75, 3.05) is 12.1 Å². The summed E-state index contributed by atoms with van der Waals surface area (Å²) in [6, 6.07) is 12.8. The van der Waals surface area contributed by atoms with Crippen molar-refractivity contribution in [3.8, 4) is 23.0 Å². The van der Waals surface area contributed by atoms with E-state index >= 15 is 0 Å². The maximum absolute atomic E-state index is 12.5. The van der Waals surface area contributed by atoms with Gasteiger partial charge in [0, 0.05) is 21.3 Å². The van der Waals surface area contributed by atoms with Gasteiger partial charge in [0.15, 0.2) is 11.5 Å². The molecule has 0 fully saturated rings. The Morgan fingerprint density at radius 3 is 2.81 bits per heavy atom. The Hall–Kier alpha value is -3.00. The number of anilines is 1. The predicted octanol–water partition coefficient (Wildman–Crippen LogP) is 4.22. The summed E-state index contributed by atoms with van der Waals surface area (Å²) in [4.78, 5) is 13.5. The Labute approximate surface area is 160 Å². The molecule has 0 atom stereocenters. The Morgan fingerprint density at radius 1 is 1.11 bits per heavy atom. The molecule has 0 saturated heterocycles. The molecule has 2 heterocycles. The lowest BCUT2D eigenvalue weighted by Gasteiger charge is -2.06. The molecule has 0 spiro atoms. The number of ether oxygens (including phenoxy) is 2. The summed E-state index contributed by atoms with van der Waals surface area (Å²) < 4.78 is 16.2. The van der Waals surface area contributed by atoms with Gasteiger partial charge in [0.2, 0.25) is 12.7 Å². The SMILES string of the molecule is CC(C)Sc1cccc(C(=O)Nc2nnc(-c3ccc4c(c3)OCO4)o2)c1. The summed E-state index contributed by atoms with van der Waals surface area (Å²) in [7, 11) is 0. The second kappa shape index (κ2) is 7.32. The van der Waals surface area contributed by atoms with Gasteiger partial charge in [-0.3, -0.25) is 10.1 Å². The molecule has 0 saturated carbocycles. The highest BCUT2D eigenvalue weighted by Crippen LogP contribution is 2.35. The minimum absolute atomic E-state index is 0.0367. The van der Waals surface area contributed by atoms with Crippen molar-refractivity contribution in [3.63, 3.8) is 0 Å². The molecule has 4 rings (SSSR count). The first-order chi connectivity index (χ1) is 13.1. The van der Waals surface area contributed by atoms with E-state index in [-0.39, 0.29) is 24.6 Å². The van der Waals surface area contributed by atoms with Gasteiger partial charge in [-0.05, 0) is 36.4 Å². The molecule has 0 aliphatic carbocycles. The normalized spacial score (nSPS) is 12.4. The van der Waals surface area contributed by atoms with Crippen molar-refractivity contribution in [1.82, 2.24) is 10.2 Å². The summed E-state index contributed by atoms with van der Waals surface area (Å²) >= 11 is 1.69. The standard InChI is InChI=1S/C19H17N3O4S/c1-11(2)27-14-5-3-4-12(8-14)17(23)20-19-22-21-18(26-19)13-6-7-15-16(9-13)25-10-24-15/h3-9,11H,10H2,1-2H3,(H,20,22,23). The highest BCUT2D eigenvalue weighted by Gasteiger charge is 2.18. The van der Waals surface area contributed by atoms with Crippen LogP contribution in [0.25, 0.3) is 11.5 Å². The summed E-state index contributed by atoms with van der Waals surface area (Å²) in [6.07, 6.45) is 0. The summed E-state index contributed by atoms with van der Waals surface area (Å²) in [5.41, 5.74) is 1.21. The van der Waals surface area contributed by atoms with E-state index in [1.54, 1.807) is 36.0 Å². The van der Waals surface area contributed by atoms with Crippen LogP contribution in [0.1, 0.15) is 24.2 Å². The number of amides is 1.